The van der Waals surface area contributed by atoms with Gasteiger partial charge >= 0.3 is 0 Å². The molecule has 3 fully saturated rings. The molecule has 1 aromatic carbocycles. The smallest absolute Gasteiger partial charge is 0.225 e. The van der Waals surface area contributed by atoms with Crippen molar-refractivity contribution >= 4 is 16.9 Å². The fraction of sp³-hybridized carbons (Fsp3) is 0.556. The van der Waals surface area contributed by atoms with Crippen LogP contribution >= 0.6 is 0 Å². The molecule has 3 aliphatic rings. The van der Waals surface area contributed by atoms with E-state index in [-0.39, 0.29) is 0 Å². The van der Waals surface area contributed by atoms with Crippen LogP contribution in [0.15, 0.2) is 24.4 Å². The van der Waals surface area contributed by atoms with E-state index in [1.807, 2.05) is 6.20 Å². The first-order valence-corrected chi connectivity index (χ1v) is 8.61. The Kier molecular flexibility index (Phi) is 3.06. The molecule has 120 valence electrons. The molecule has 0 unspecified atom stereocenters. The number of hydrogen-bond donors (Lipinski definition) is 0. The maximum Gasteiger partial charge on any atom is 0.225 e. The summed E-state index contributed by atoms with van der Waals surface area (Å²) in [7, 11) is 0. The highest BCUT2D eigenvalue weighted by atomic mass is 16.5. The minimum absolute atomic E-state index is 0.401. The van der Waals surface area contributed by atoms with Crippen LogP contribution in [-0.4, -0.2) is 54.3 Å². The SMILES string of the molecule is c1cc2nc(N3CC4(COC4)C3)ncc2cc1CN1CCCC1. The molecule has 3 aliphatic heterocycles. The summed E-state index contributed by atoms with van der Waals surface area (Å²) in [4.78, 5) is 14.1. The monoisotopic (exact) mass is 310 g/mol. The van der Waals surface area contributed by atoms with Crippen molar-refractivity contribution in [1.82, 2.24) is 14.9 Å². The standard InChI is InChI=1S/C18H22N4O/c1-2-6-21(5-1)9-14-3-4-16-15(7-14)8-19-17(20-16)22-10-18(11-22)12-23-13-18/h3-4,7-8H,1-2,5-6,9-13H2. The molecule has 5 nitrogen and oxygen atoms in total. The van der Waals surface area contributed by atoms with Gasteiger partial charge in [0, 0.05) is 31.2 Å². The number of likely N-dealkylation sites (tertiary alicyclic amines) is 1. The summed E-state index contributed by atoms with van der Waals surface area (Å²) in [6.45, 7) is 7.37. The maximum absolute atomic E-state index is 5.33. The molecule has 23 heavy (non-hydrogen) atoms. The first-order valence-electron chi connectivity index (χ1n) is 8.61. The third-order valence-electron chi connectivity index (χ3n) is 5.39. The third-order valence-corrected chi connectivity index (χ3v) is 5.39. The number of anilines is 1. The van der Waals surface area contributed by atoms with Crippen molar-refractivity contribution in [2.45, 2.75) is 19.4 Å². The largest absolute Gasteiger partial charge is 0.380 e. The van der Waals surface area contributed by atoms with E-state index in [9.17, 15) is 0 Å². The lowest BCUT2D eigenvalue weighted by molar-refractivity contribution is -0.127. The molecular weight excluding hydrogens is 288 g/mol. The van der Waals surface area contributed by atoms with Crippen molar-refractivity contribution in [3.8, 4) is 0 Å². The second-order valence-corrected chi connectivity index (χ2v) is 7.40. The number of hydrogen-bond acceptors (Lipinski definition) is 5. The summed E-state index contributed by atoms with van der Waals surface area (Å²) in [5, 5.41) is 1.15. The van der Waals surface area contributed by atoms with Gasteiger partial charge in [0.2, 0.25) is 5.95 Å². The molecule has 3 saturated heterocycles. The number of ether oxygens (including phenoxy) is 1. The minimum Gasteiger partial charge on any atom is -0.380 e. The van der Waals surface area contributed by atoms with Crippen LogP contribution < -0.4 is 4.90 Å². The van der Waals surface area contributed by atoms with Gasteiger partial charge in [0.25, 0.3) is 0 Å². The average Bonchev–Trinajstić information content (AvgIpc) is 2.97. The fourth-order valence-corrected chi connectivity index (χ4v) is 4.00. The second-order valence-electron chi connectivity index (χ2n) is 7.40. The van der Waals surface area contributed by atoms with Crippen LogP contribution in [0.4, 0.5) is 5.95 Å². The third kappa shape index (κ3) is 2.39. The molecule has 5 rings (SSSR count). The van der Waals surface area contributed by atoms with E-state index in [1.54, 1.807) is 0 Å². The predicted octanol–water partition coefficient (Wildman–Crippen LogP) is 2.06. The molecule has 1 spiro atoms. The van der Waals surface area contributed by atoms with Crippen LogP contribution in [0.3, 0.4) is 0 Å². The zero-order valence-electron chi connectivity index (χ0n) is 13.4. The van der Waals surface area contributed by atoms with Crippen LogP contribution in [0.5, 0.6) is 0 Å². The Bertz CT molecular complexity index is 729. The van der Waals surface area contributed by atoms with Gasteiger partial charge in [-0.05, 0) is 43.6 Å². The average molecular weight is 310 g/mol. The Labute approximate surface area is 136 Å². The number of rotatable bonds is 3. The second kappa shape index (κ2) is 5.14. The van der Waals surface area contributed by atoms with Crippen LogP contribution in [-0.2, 0) is 11.3 Å². The highest BCUT2D eigenvalue weighted by Gasteiger charge is 2.49. The Morgan fingerprint density at radius 3 is 2.70 bits per heavy atom. The van der Waals surface area contributed by atoms with Gasteiger partial charge in [-0.2, -0.15) is 0 Å². The molecule has 2 aromatic rings. The van der Waals surface area contributed by atoms with Gasteiger partial charge in [0.15, 0.2) is 0 Å². The van der Waals surface area contributed by atoms with E-state index in [1.165, 1.54) is 31.5 Å². The lowest BCUT2D eigenvalue weighted by Crippen LogP contribution is -2.66. The molecule has 0 amide bonds. The van der Waals surface area contributed by atoms with Gasteiger partial charge in [-0.15, -0.1) is 0 Å². The normalized spacial score (nSPS) is 23.2. The minimum atomic E-state index is 0.401. The molecule has 0 N–H and O–H groups in total. The zero-order chi connectivity index (χ0) is 15.3. The highest BCUT2D eigenvalue weighted by molar-refractivity contribution is 5.79. The molecule has 4 heterocycles. The Morgan fingerprint density at radius 1 is 1.13 bits per heavy atom. The van der Waals surface area contributed by atoms with Gasteiger partial charge in [0.05, 0.1) is 24.1 Å². The van der Waals surface area contributed by atoms with Crippen LogP contribution in [0, 0.1) is 5.41 Å². The van der Waals surface area contributed by atoms with Crippen molar-refractivity contribution < 1.29 is 4.74 Å². The summed E-state index contributed by atoms with van der Waals surface area (Å²) in [5.41, 5.74) is 2.81. The maximum atomic E-state index is 5.33. The summed E-state index contributed by atoms with van der Waals surface area (Å²) in [5.74, 6) is 0.863. The molecule has 0 saturated carbocycles. The summed E-state index contributed by atoms with van der Waals surface area (Å²) in [6, 6.07) is 6.61. The molecule has 0 radical (unpaired) electrons. The van der Waals surface area contributed by atoms with Gasteiger partial charge in [-0.1, -0.05) is 6.07 Å². The van der Waals surface area contributed by atoms with Gasteiger partial charge in [-0.25, -0.2) is 9.97 Å². The van der Waals surface area contributed by atoms with Crippen LogP contribution in [0.25, 0.3) is 10.9 Å². The molecule has 5 heteroatoms. The van der Waals surface area contributed by atoms with E-state index in [0.29, 0.717) is 5.41 Å². The van der Waals surface area contributed by atoms with Crippen LogP contribution in [0.1, 0.15) is 18.4 Å². The predicted molar refractivity (Wildman–Crippen MR) is 89.5 cm³/mol. The van der Waals surface area contributed by atoms with Crippen molar-refractivity contribution in [2.24, 2.45) is 5.41 Å². The van der Waals surface area contributed by atoms with Crippen molar-refractivity contribution in [3.05, 3.63) is 30.0 Å². The number of fused-ring (bicyclic) bond motifs is 1. The van der Waals surface area contributed by atoms with E-state index >= 15 is 0 Å². The fourth-order valence-electron chi connectivity index (χ4n) is 4.00. The summed E-state index contributed by atoms with van der Waals surface area (Å²) >= 11 is 0. The quantitative estimate of drug-likeness (QED) is 0.868. The lowest BCUT2D eigenvalue weighted by atomic mass is 9.78. The number of aromatic nitrogens is 2. The topological polar surface area (TPSA) is 41.5 Å². The summed E-state index contributed by atoms with van der Waals surface area (Å²) in [6.07, 6.45) is 4.65. The first-order chi connectivity index (χ1) is 11.3. The molecule has 1 aromatic heterocycles. The Hall–Kier alpha value is -1.72. The lowest BCUT2D eigenvalue weighted by Gasteiger charge is -2.54. The zero-order valence-corrected chi connectivity index (χ0v) is 13.4. The molecule has 0 aliphatic carbocycles. The number of nitrogens with zero attached hydrogens (tertiary/aromatic N) is 4. The first kappa shape index (κ1) is 13.7. The van der Waals surface area contributed by atoms with E-state index in [0.717, 1.165) is 49.7 Å². The molecule has 0 bridgehead atoms. The van der Waals surface area contributed by atoms with Crippen molar-refractivity contribution in [3.63, 3.8) is 0 Å². The van der Waals surface area contributed by atoms with Gasteiger partial charge < -0.3 is 9.64 Å². The van der Waals surface area contributed by atoms with E-state index < -0.39 is 0 Å². The van der Waals surface area contributed by atoms with E-state index in [2.05, 4.69) is 33.0 Å². The van der Waals surface area contributed by atoms with Crippen molar-refractivity contribution in [1.29, 1.82) is 0 Å². The molecule has 0 atom stereocenters. The van der Waals surface area contributed by atoms with Gasteiger partial charge in [-0.3, -0.25) is 4.90 Å². The van der Waals surface area contributed by atoms with Crippen molar-refractivity contribution in [2.75, 3.05) is 44.3 Å². The Balaban J connectivity index is 1.34. The molecular formula is C18H22N4O. The van der Waals surface area contributed by atoms with E-state index in [4.69, 9.17) is 9.72 Å². The Morgan fingerprint density at radius 2 is 1.96 bits per heavy atom. The van der Waals surface area contributed by atoms with Gasteiger partial charge in [0.1, 0.15) is 0 Å². The number of benzene rings is 1. The van der Waals surface area contributed by atoms with Crippen LogP contribution in [0.2, 0.25) is 0 Å². The summed E-state index contributed by atoms with van der Waals surface area (Å²) < 4.78 is 5.33. The highest BCUT2D eigenvalue weighted by Crippen LogP contribution is 2.39.